The molecule has 0 unspecified atom stereocenters. The van der Waals surface area contributed by atoms with Gasteiger partial charge in [0, 0.05) is 11.1 Å². The third kappa shape index (κ3) is 3.99. The van der Waals surface area contributed by atoms with Crippen LogP contribution in [-0.2, 0) is 0 Å². The third-order valence-corrected chi connectivity index (χ3v) is 3.07. The van der Waals surface area contributed by atoms with E-state index in [9.17, 15) is 9.59 Å². The molecule has 22 heavy (non-hydrogen) atoms. The van der Waals surface area contributed by atoms with E-state index in [0.29, 0.717) is 11.1 Å². The Balaban J connectivity index is 0.000000220. The van der Waals surface area contributed by atoms with Gasteiger partial charge >= 0.3 is 11.9 Å². The number of benzene rings is 2. The summed E-state index contributed by atoms with van der Waals surface area (Å²) >= 11 is 0. The van der Waals surface area contributed by atoms with Crippen LogP contribution in [-0.4, -0.2) is 32.4 Å². The Bertz CT molecular complexity index is 644. The predicted octanol–water partition coefficient (Wildman–Crippen LogP) is 2.80. The second-order valence-electron chi connectivity index (χ2n) is 4.51. The molecule has 0 bridgehead atoms. The van der Waals surface area contributed by atoms with E-state index in [4.69, 9.17) is 20.4 Å². The number of phenolic OH excluding ortho intramolecular Hbond substituents is 2. The van der Waals surface area contributed by atoms with E-state index in [1.54, 1.807) is 13.8 Å². The molecule has 0 saturated heterocycles. The Morgan fingerprint density at radius 3 is 1.27 bits per heavy atom. The molecule has 0 amide bonds. The fourth-order valence-electron chi connectivity index (χ4n) is 1.71. The zero-order valence-electron chi connectivity index (χ0n) is 12.1. The first kappa shape index (κ1) is 17.0. The average molecular weight is 304 g/mol. The molecule has 0 atom stereocenters. The third-order valence-electron chi connectivity index (χ3n) is 3.07. The van der Waals surface area contributed by atoms with E-state index in [2.05, 4.69) is 0 Å². The lowest BCUT2D eigenvalue weighted by Crippen LogP contribution is -1.98. The summed E-state index contributed by atoms with van der Waals surface area (Å²) < 4.78 is 0. The van der Waals surface area contributed by atoms with Gasteiger partial charge in [0.05, 0.1) is 11.1 Å². The van der Waals surface area contributed by atoms with Crippen molar-refractivity contribution in [1.82, 2.24) is 0 Å². The zero-order valence-corrected chi connectivity index (χ0v) is 12.1. The van der Waals surface area contributed by atoms with Crippen molar-refractivity contribution in [3.05, 3.63) is 58.7 Å². The maximum atomic E-state index is 10.5. The molecule has 0 fully saturated rings. The van der Waals surface area contributed by atoms with Gasteiger partial charge in [-0.05, 0) is 38.1 Å². The number of carbonyl (C=O) groups is 2. The van der Waals surface area contributed by atoms with Crippen LogP contribution in [0, 0.1) is 13.8 Å². The minimum absolute atomic E-state index is 0.0184. The average Bonchev–Trinajstić information content (AvgIpc) is 2.45. The maximum absolute atomic E-state index is 10.5. The number of aromatic hydroxyl groups is 2. The first-order valence-electron chi connectivity index (χ1n) is 6.29. The summed E-state index contributed by atoms with van der Waals surface area (Å²) in [5.74, 6) is -1.99. The van der Waals surface area contributed by atoms with Crippen molar-refractivity contribution in [2.45, 2.75) is 13.8 Å². The lowest BCUT2D eigenvalue weighted by atomic mass is 10.1. The van der Waals surface area contributed by atoms with Crippen LogP contribution in [0.2, 0.25) is 0 Å². The number of hydrogen-bond donors (Lipinski definition) is 4. The normalized spacial score (nSPS) is 9.55. The molecule has 0 heterocycles. The van der Waals surface area contributed by atoms with Gasteiger partial charge in [-0.1, -0.05) is 12.1 Å². The summed E-state index contributed by atoms with van der Waals surface area (Å²) in [4.78, 5) is 20.9. The molecule has 2 aromatic carbocycles. The van der Waals surface area contributed by atoms with Crippen LogP contribution in [0.15, 0.2) is 36.4 Å². The quantitative estimate of drug-likeness (QED) is 0.678. The van der Waals surface area contributed by atoms with Crippen molar-refractivity contribution < 1.29 is 30.0 Å². The Morgan fingerprint density at radius 2 is 1.05 bits per heavy atom. The number of carboxylic acids is 2. The van der Waals surface area contributed by atoms with Crippen LogP contribution in [0.4, 0.5) is 0 Å². The topological polar surface area (TPSA) is 115 Å². The SMILES string of the molecule is Cc1c(O)cccc1C(=O)O.Cc1c(O)cccc1C(=O)O. The number of carboxylic acid groups (broad SMARTS) is 2. The summed E-state index contributed by atoms with van der Waals surface area (Å²) in [6.07, 6.45) is 0. The standard InChI is InChI=1S/2C8H8O3/c2*1-5-6(8(10)11)3-2-4-7(5)9/h2*2-4,9H,1H3,(H,10,11). The van der Waals surface area contributed by atoms with Crippen molar-refractivity contribution in [2.75, 3.05) is 0 Å². The van der Waals surface area contributed by atoms with Crippen LogP contribution >= 0.6 is 0 Å². The molecular weight excluding hydrogens is 288 g/mol. The molecule has 4 N–H and O–H groups in total. The van der Waals surface area contributed by atoms with Gasteiger partial charge in [0.2, 0.25) is 0 Å². The molecule has 6 heteroatoms. The summed E-state index contributed by atoms with van der Waals surface area (Å²) in [6, 6.07) is 8.84. The number of rotatable bonds is 2. The van der Waals surface area contributed by atoms with E-state index in [0.717, 1.165) is 0 Å². The van der Waals surface area contributed by atoms with Gasteiger partial charge in [0.1, 0.15) is 11.5 Å². The van der Waals surface area contributed by atoms with Gasteiger partial charge in [0.25, 0.3) is 0 Å². The summed E-state index contributed by atoms with van der Waals surface area (Å²) in [7, 11) is 0. The molecule has 0 saturated carbocycles. The molecule has 0 aliphatic rings. The van der Waals surface area contributed by atoms with Crippen LogP contribution < -0.4 is 0 Å². The predicted molar refractivity (Wildman–Crippen MR) is 79.6 cm³/mol. The Labute approximate surface area is 126 Å². The summed E-state index contributed by atoms with van der Waals surface area (Å²) in [5.41, 5.74) is 1.09. The van der Waals surface area contributed by atoms with Crippen molar-refractivity contribution in [2.24, 2.45) is 0 Å². The van der Waals surface area contributed by atoms with Crippen LogP contribution in [0.25, 0.3) is 0 Å². The first-order valence-corrected chi connectivity index (χ1v) is 6.29. The van der Waals surface area contributed by atoms with E-state index in [1.807, 2.05) is 0 Å². The van der Waals surface area contributed by atoms with E-state index in [1.165, 1.54) is 36.4 Å². The summed E-state index contributed by atoms with van der Waals surface area (Å²) in [5, 5.41) is 35.3. The van der Waals surface area contributed by atoms with E-state index < -0.39 is 11.9 Å². The first-order chi connectivity index (χ1) is 10.3. The lowest BCUT2D eigenvalue weighted by molar-refractivity contribution is 0.0685. The molecule has 2 rings (SSSR count). The van der Waals surface area contributed by atoms with Crippen molar-refractivity contribution in [3.63, 3.8) is 0 Å². The second kappa shape index (κ2) is 7.12. The van der Waals surface area contributed by atoms with Crippen LogP contribution in [0.3, 0.4) is 0 Å². The van der Waals surface area contributed by atoms with Gasteiger partial charge in [-0.15, -0.1) is 0 Å². The van der Waals surface area contributed by atoms with E-state index in [-0.39, 0.29) is 22.6 Å². The Hall–Kier alpha value is -3.02. The van der Waals surface area contributed by atoms with Crippen LogP contribution in [0.5, 0.6) is 11.5 Å². The fraction of sp³-hybridized carbons (Fsp3) is 0.125. The highest BCUT2D eigenvalue weighted by atomic mass is 16.4. The van der Waals surface area contributed by atoms with Gasteiger partial charge < -0.3 is 20.4 Å². The Morgan fingerprint density at radius 1 is 0.727 bits per heavy atom. The molecule has 0 aliphatic carbocycles. The number of aromatic carboxylic acids is 2. The molecule has 6 nitrogen and oxygen atoms in total. The van der Waals surface area contributed by atoms with Crippen molar-refractivity contribution >= 4 is 11.9 Å². The highest BCUT2D eigenvalue weighted by Crippen LogP contribution is 2.19. The highest BCUT2D eigenvalue weighted by molar-refractivity contribution is 5.90. The number of phenols is 2. The molecule has 2 aromatic rings. The van der Waals surface area contributed by atoms with Crippen molar-refractivity contribution in [1.29, 1.82) is 0 Å². The molecule has 0 aliphatic heterocycles. The smallest absolute Gasteiger partial charge is 0.336 e. The lowest BCUT2D eigenvalue weighted by Gasteiger charge is -2.00. The second-order valence-corrected chi connectivity index (χ2v) is 4.51. The molecule has 0 spiro atoms. The summed E-state index contributed by atoms with van der Waals surface area (Å²) in [6.45, 7) is 3.14. The number of hydrogen-bond acceptors (Lipinski definition) is 4. The minimum atomic E-state index is -1.02. The molecular formula is C16H16O6. The highest BCUT2D eigenvalue weighted by Gasteiger charge is 2.08. The van der Waals surface area contributed by atoms with Crippen LogP contribution in [0.1, 0.15) is 31.8 Å². The van der Waals surface area contributed by atoms with Gasteiger partial charge in [-0.25, -0.2) is 9.59 Å². The largest absolute Gasteiger partial charge is 0.508 e. The van der Waals surface area contributed by atoms with Gasteiger partial charge in [-0.3, -0.25) is 0 Å². The molecule has 0 radical (unpaired) electrons. The van der Waals surface area contributed by atoms with Gasteiger partial charge in [-0.2, -0.15) is 0 Å². The Kier molecular flexibility index (Phi) is 5.51. The molecule has 116 valence electrons. The molecule has 0 aromatic heterocycles. The maximum Gasteiger partial charge on any atom is 0.336 e. The van der Waals surface area contributed by atoms with Gasteiger partial charge in [0.15, 0.2) is 0 Å². The fourth-order valence-corrected chi connectivity index (χ4v) is 1.71. The zero-order chi connectivity index (χ0) is 16.9. The minimum Gasteiger partial charge on any atom is -0.508 e. The van der Waals surface area contributed by atoms with E-state index >= 15 is 0 Å². The monoisotopic (exact) mass is 304 g/mol. The van der Waals surface area contributed by atoms with Crippen molar-refractivity contribution in [3.8, 4) is 11.5 Å².